The van der Waals surface area contributed by atoms with Gasteiger partial charge in [-0.3, -0.25) is 19.2 Å². The van der Waals surface area contributed by atoms with Gasteiger partial charge in [0, 0.05) is 21.2 Å². The first-order valence-electron chi connectivity index (χ1n) is 11.4. The van der Waals surface area contributed by atoms with E-state index in [1.165, 1.54) is 42.5 Å². The third kappa shape index (κ3) is 3.53. The maximum Gasteiger partial charge on any atom is 0.273 e. The normalized spacial score (nSPS) is 29.7. The van der Waals surface area contributed by atoms with Gasteiger partial charge >= 0.3 is 0 Å². The van der Waals surface area contributed by atoms with Crippen LogP contribution in [0.15, 0.2) is 54.6 Å². The molecule has 2 aromatic carbocycles. The van der Waals surface area contributed by atoms with Crippen LogP contribution in [0.25, 0.3) is 0 Å². The number of allylic oxidation sites excluding steroid dienone is 2. The molecule has 1 aliphatic heterocycles. The first-order valence-corrected chi connectivity index (χ1v) is 12.5. The highest BCUT2D eigenvalue weighted by atomic mass is 35.5. The Bertz CT molecular complexity index is 1290. The Balaban J connectivity index is 1.37. The number of imide groups is 1. The Morgan fingerprint density at radius 1 is 0.857 bits per heavy atom. The molecular formula is C26H19Cl3N2O4. The van der Waals surface area contributed by atoms with E-state index in [1.807, 2.05) is 0 Å². The Morgan fingerprint density at radius 3 is 2.00 bits per heavy atom. The number of carbonyl (C=O) groups is 4. The smallest absolute Gasteiger partial charge is 0.273 e. The van der Waals surface area contributed by atoms with E-state index in [-0.39, 0.29) is 28.0 Å². The Morgan fingerprint density at radius 2 is 1.43 bits per heavy atom. The molecule has 3 fully saturated rings. The van der Waals surface area contributed by atoms with E-state index >= 15 is 0 Å². The minimum Gasteiger partial charge on any atom is -0.292 e. The van der Waals surface area contributed by atoms with E-state index in [2.05, 4.69) is 12.2 Å². The van der Waals surface area contributed by atoms with Gasteiger partial charge in [0.25, 0.3) is 17.7 Å². The number of hydrogen-bond donors (Lipinski definition) is 0. The molecule has 178 valence electrons. The molecule has 7 rings (SSSR count). The van der Waals surface area contributed by atoms with Crippen molar-refractivity contribution in [2.24, 2.45) is 35.5 Å². The number of Topliss-reactive ketones (excluding diaryl/α,β-unsaturated/α-hetero) is 1. The van der Waals surface area contributed by atoms with E-state index in [0.717, 1.165) is 16.4 Å². The molecule has 6 atom stereocenters. The number of rotatable bonds is 5. The number of hydrazine groups is 1. The fourth-order valence-electron chi connectivity index (χ4n) is 6.09. The largest absolute Gasteiger partial charge is 0.292 e. The van der Waals surface area contributed by atoms with E-state index < -0.39 is 41.9 Å². The van der Waals surface area contributed by atoms with Crippen LogP contribution in [-0.4, -0.2) is 40.1 Å². The lowest BCUT2D eigenvalue weighted by molar-refractivity contribution is -0.154. The number of carbonyl (C=O) groups excluding carboxylic acids is 4. The van der Waals surface area contributed by atoms with E-state index in [1.54, 1.807) is 0 Å². The fourth-order valence-corrected chi connectivity index (χ4v) is 6.73. The molecule has 4 aliphatic carbocycles. The predicted molar refractivity (Wildman–Crippen MR) is 130 cm³/mol. The summed E-state index contributed by atoms with van der Waals surface area (Å²) < 4.78 is 0. The van der Waals surface area contributed by atoms with E-state index in [0.29, 0.717) is 21.9 Å². The molecule has 0 aromatic heterocycles. The van der Waals surface area contributed by atoms with Crippen LogP contribution >= 0.6 is 34.8 Å². The van der Waals surface area contributed by atoms with Crippen molar-refractivity contribution in [3.63, 3.8) is 0 Å². The zero-order valence-corrected chi connectivity index (χ0v) is 20.5. The van der Waals surface area contributed by atoms with Crippen LogP contribution in [-0.2, 0) is 9.59 Å². The molecule has 1 heterocycles. The second-order valence-corrected chi connectivity index (χ2v) is 10.8. The van der Waals surface area contributed by atoms with Gasteiger partial charge in [0.05, 0.1) is 16.9 Å². The van der Waals surface area contributed by atoms with Crippen LogP contribution in [0.3, 0.4) is 0 Å². The van der Waals surface area contributed by atoms with Crippen LogP contribution in [0.4, 0.5) is 0 Å². The molecule has 2 saturated carbocycles. The molecule has 0 N–H and O–H groups in total. The average Bonchev–Trinajstić information content (AvgIpc) is 3.61. The van der Waals surface area contributed by atoms with Gasteiger partial charge in [-0.25, -0.2) is 5.01 Å². The van der Waals surface area contributed by atoms with Crippen molar-refractivity contribution in [2.75, 3.05) is 6.54 Å². The zero-order valence-electron chi connectivity index (χ0n) is 18.2. The SMILES string of the molecule is O=C(CN(C(=O)c1ccc(Cl)cc1)N1C(=O)[C@@H]2[C@H]3C=C[C@@H]([C@@H]4C[C@@H]34)[C@@H]2C1=O)c1ccc(Cl)cc1Cl. The summed E-state index contributed by atoms with van der Waals surface area (Å²) in [6.45, 7) is -0.532. The summed E-state index contributed by atoms with van der Waals surface area (Å²) in [5.74, 6) is -2.22. The minimum atomic E-state index is -0.647. The number of halogens is 3. The molecule has 5 aliphatic rings. The van der Waals surface area contributed by atoms with Gasteiger partial charge in [0.15, 0.2) is 5.78 Å². The predicted octanol–water partition coefficient (Wildman–Crippen LogP) is 4.94. The summed E-state index contributed by atoms with van der Waals surface area (Å²) in [5, 5.41) is 2.78. The number of benzene rings is 2. The van der Waals surface area contributed by atoms with Gasteiger partial charge in [-0.15, -0.1) is 0 Å². The summed E-state index contributed by atoms with van der Waals surface area (Å²) in [5.41, 5.74) is 0.341. The first kappa shape index (κ1) is 22.8. The third-order valence-electron chi connectivity index (χ3n) is 7.73. The Kier molecular flexibility index (Phi) is 5.33. The van der Waals surface area contributed by atoms with Crippen molar-refractivity contribution in [3.05, 3.63) is 80.8 Å². The second-order valence-electron chi connectivity index (χ2n) is 9.56. The Hall–Kier alpha value is -2.67. The molecule has 2 aromatic rings. The highest BCUT2D eigenvalue weighted by molar-refractivity contribution is 6.37. The lowest BCUT2D eigenvalue weighted by atomic mass is 9.63. The third-order valence-corrected chi connectivity index (χ3v) is 8.53. The first-order chi connectivity index (χ1) is 16.8. The van der Waals surface area contributed by atoms with Crippen molar-refractivity contribution in [1.29, 1.82) is 0 Å². The zero-order chi connectivity index (χ0) is 24.6. The standard InChI is InChI=1S/C26H19Cl3N2O4/c27-13-3-1-12(2-4-13)24(33)30(11-21(32)17-6-5-14(28)9-20(17)29)31-25(34)22-15-7-8-16(19-10-18(15)19)23(22)26(31)35/h1-9,15-16,18-19,22-23H,10-11H2/t15-,16-,18-,19-,22-,23+/m0/s1. The summed E-state index contributed by atoms with van der Waals surface area (Å²) in [6.07, 6.45) is 5.13. The molecule has 1 saturated heterocycles. The molecule has 0 spiro atoms. The van der Waals surface area contributed by atoms with Crippen LogP contribution in [0, 0.1) is 35.5 Å². The lowest BCUT2D eigenvalue weighted by Gasteiger charge is -2.37. The quantitative estimate of drug-likeness (QED) is 0.312. The van der Waals surface area contributed by atoms with Crippen molar-refractivity contribution in [1.82, 2.24) is 10.0 Å². The molecule has 0 unspecified atom stereocenters. The minimum absolute atomic E-state index is 0.00894. The fraction of sp³-hybridized carbons (Fsp3) is 0.308. The van der Waals surface area contributed by atoms with Crippen LogP contribution < -0.4 is 0 Å². The summed E-state index contributed by atoms with van der Waals surface area (Å²) in [4.78, 5) is 54.2. The summed E-state index contributed by atoms with van der Waals surface area (Å²) in [6, 6.07) is 10.5. The molecule has 9 heteroatoms. The number of hydrogen-bond acceptors (Lipinski definition) is 4. The highest BCUT2D eigenvalue weighted by Gasteiger charge is 2.68. The molecule has 35 heavy (non-hydrogen) atoms. The van der Waals surface area contributed by atoms with Crippen LogP contribution in [0.2, 0.25) is 15.1 Å². The topological polar surface area (TPSA) is 74.8 Å². The van der Waals surface area contributed by atoms with E-state index in [4.69, 9.17) is 34.8 Å². The van der Waals surface area contributed by atoms with Gasteiger partial charge in [0.2, 0.25) is 0 Å². The van der Waals surface area contributed by atoms with E-state index in [9.17, 15) is 19.2 Å². The molecule has 6 nitrogen and oxygen atoms in total. The number of ketones is 1. The average molecular weight is 530 g/mol. The monoisotopic (exact) mass is 528 g/mol. The van der Waals surface area contributed by atoms with Crippen molar-refractivity contribution in [3.8, 4) is 0 Å². The van der Waals surface area contributed by atoms with Gasteiger partial charge in [-0.1, -0.05) is 47.0 Å². The van der Waals surface area contributed by atoms with Gasteiger partial charge in [-0.05, 0) is 72.6 Å². The molecule has 2 bridgehead atoms. The van der Waals surface area contributed by atoms with Gasteiger partial charge < -0.3 is 0 Å². The maximum absolute atomic E-state index is 13.7. The Labute approximate surface area is 216 Å². The van der Waals surface area contributed by atoms with Gasteiger partial charge in [0.1, 0.15) is 6.54 Å². The summed E-state index contributed by atoms with van der Waals surface area (Å²) in [7, 11) is 0. The molecule has 0 radical (unpaired) electrons. The van der Waals surface area contributed by atoms with Gasteiger partial charge in [-0.2, -0.15) is 5.01 Å². The second kappa shape index (κ2) is 8.19. The van der Waals surface area contributed by atoms with Crippen LogP contribution in [0.1, 0.15) is 27.1 Å². The molecule has 3 amide bonds. The highest BCUT2D eigenvalue weighted by Crippen LogP contribution is 2.65. The van der Waals surface area contributed by atoms with Crippen molar-refractivity contribution < 1.29 is 19.2 Å². The lowest BCUT2D eigenvalue weighted by Crippen LogP contribution is -2.52. The van der Waals surface area contributed by atoms with Crippen molar-refractivity contribution in [2.45, 2.75) is 6.42 Å². The summed E-state index contributed by atoms with van der Waals surface area (Å²) >= 11 is 18.2. The number of nitrogens with zero attached hydrogens (tertiary/aromatic N) is 2. The maximum atomic E-state index is 13.7. The van der Waals surface area contributed by atoms with Crippen LogP contribution in [0.5, 0.6) is 0 Å². The number of amides is 3. The van der Waals surface area contributed by atoms with Crippen molar-refractivity contribution >= 4 is 58.3 Å². The molecular weight excluding hydrogens is 511 g/mol.